The van der Waals surface area contributed by atoms with Crippen LogP contribution in [0.5, 0.6) is 0 Å². The number of nitrogen functional groups attached to an aromatic ring is 1. The summed E-state index contributed by atoms with van der Waals surface area (Å²) in [6.07, 6.45) is 3.25. The minimum absolute atomic E-state index is 0.446. The zero-order valence-electron chi connectivity index (χ0n) is 14.3. The van der Waals surface area contributed by atoms with Crippen molar-refractivity contribution in [3.8, 4) is 0 Å². The van der Waals surface area contributed by atoms with E-state index >= 15 is 0 Å². The minimum atomic E-state index is 0.446. The molecular weight excluding hydrogens is 324 g/mol. The Labute approximate surface area is 151 Å². The second-order valence-corrected chi connectivity index (χ2v) is 5.98. The highest BCUT2D eigenvalue weighted by Gasteiger charge is 2.10. The van der Waals surface area contributed by atoms with Crippen molar-refractivity contribution < 1.29 is 0 Å². The van der Waals surface area contributed by atoms with Crippen molar-refractivity contribution in [2.45, 2.75) is 6.92 Å². The molecule has 2 heterocycles. The molecule has 4 aromatic rings. The number of nitrogens with two attached hydrogens (primary N) is 1. The summed E-state index contributed by atoms with van der Waals surface area (Å²) in [5.74, 6) is 1.09. The van der Waals surface area contributed by atoms with Gasteiger partial charge < -0.3 is 16.4 Å². The molecule has 0 radical (unpaired) electrons. The summed E-state index contributed by atoms with van der Waals surface area (Å²) in [7, 11) is 0. The fraction of sp³-hybridized carbons (Fsp3) is 0.0500. The van der Waals surface area contributed by atoms with Crippen LogP contribution in [0.4, 0.5) is 28.7 Å². The van der Waals surface area contributed by atoms with Crippen molar-refractivity contribution in [2.75, 3.05) is 16.4 Å². The number of anilines is 5. The minimum Gasteiger partial charge on any atom is -0.393 e. The number of hydrogen-bond donors (Lipinski definition) is 3. The van der Waals surface area contributed by atoms with E-state index in [0.717, 1.165) is 27.8 Å². The molecular formula is C20H18N6. The molecule has 0 aliphatic carbocycles. The molecule has 0 saturated carbocycles. The van der Waals surface area contributed by atoms with Gasteiger partial charge in [-0.05, 0) is 36.8 Å². The molecule has 0 saturated heterocycles. The summed E-state index contributed by atoms with van der Waals surface area (Å²) in [6.45, 7) is 2.04. The molecule has 6 nitrogen and oxygen atoms in total. The highest BCUT2D eigenvalue weighted by atomic mass is 15.1. The van der Waals surface area contributed by atoms with Crippen LogP contribution in [0.25, 0.3) is 10.9 Å². The lowest BCUT2D eigenvalue weighted by molar-refractivity contribution is 1.17. The third-order valence-corrected chi connectivity index (χ3v) is 4.05. The number of para-hydroxylation sites is 1. The monoisotopic (exact) mass is 342 g/mol. The predicted molar refractivity (Wildman–Crippen MR) is 106 cm³/mol. The van der Waals surface area contributed by atoms with Gasteiger partial charge >= 0.3 is 0 Å². The average molecular weight is 342 g/mol. The van der Waals surface area contributed by atoms with E-state index in [1.807, 2.05) is 61.5 Å². The summed E-state index contributed by atoms with van der Waals surface area (Å²) in [5, 5.41) is 7.56. The van der Waals surface area contributed by atoms with Crippen molar-refractivity contribution in [3.63, 3.8) is 0 Å². The van der Waals surface area contributed by atoms with Crippen LogP contribution < -0.4 is 16.4 Å². The van der Waals surface area contributed by atoms with Gasteiger partial charge in [-0.2, -0.15) is 0 Å². The molecule has 0 atom stereocenters. The largest absolute Gasteiger partial charge is 0.393 e. The Bertz CT molecular complexity index is 1070. The quantitative estimate of drug-likeness (QED) is 0.509. The van der Waals surface area contributed by atoms with E-state index in [2.05, 4.69) is 25.6 Å². The standard InChI is InChI=1S/C20H18N6/c1-13-5-2-8-15(11-13)25-19-17(21)20(24-12-23-19)26-16-9-3-6-14-7-4-10-22-18(14)16/h2-12H,21H2,1H3,(H2,23,24,25,26). The van der Waals surface area contributed by atoms with Gasteiger partial charge in [0.15, 0.2) is 11.6 Å². The zero-order valence-corrected chi connectivity index (χ0v) is 14.3. The molecule has 128 valence electrons. The topological polar surface area (TPSA) is 88.8 Å². The molecule has 26 heavy (non-hydrogen) atoms. The number of nitrogens with zero attached hydrogens (tertiary/aromatic N) is 3. The number of nitrogens with one attached hydrogen (secondary N) is 2. The number of hydrogen-bond acceptors (Lipinski definition) is 6. The van der Waals surface area contributed by atoms with E-state index in [-0.39, 0.29) is 0 Å². The van der Waals surface area contributed by atoms with Crippen LogP contribution in [-0.2, 0) is 0 Å². The van der Waals surface area contributed by atoms with Crippen molar-refractivity contribution in [1.29, 1.82) is 0 Å². The Morgan fingerprint density at radius 3 is 2.46 bits per heavy atom. The Morgan fingerprint density at radius 2 is 1.62 bits per heavy atom. The Kier molecular flexibility index (Phi) is 4.07. The molecule has 2 aromatic heterocycles. The predicted octanol–water partition coefficient (Wildman–Crippen LogP) is 4.40. The number of fused-ring (bicyclic) bond motifs is 1. The van der Waals surface area contributed by atoms with Gasteiger partial charge in [0.25, 0.3) is 0 Å². The van der Waals surface area contributed by atoms with Crippen molar-refractivity contribution in [3.05, 3.63) is 72.7 Å². The van der Waals surface area contributed by atoms with Gasteiger partial charge in [-0.3, -0.25) is 4.98 Å². The van der Waals surface area contributed by atoms with Crippen LogP contribution in [0.2, 0.25) is 0 Å². The SMILES string of the molecule is Cc1cccc(Nc2ncnc(Nc3cccc4cccnc34)c2N)c1. The molecule has 6 heteroatoms. The maximum atomic E-state index is 6.29. The van der Waals surface area contributed by atoms with Gasteiger partial charge in [0.05, 0.1) is 11.2 Å². The fourth-order valence-electron chi connectivity index (χ4n) is 2.79. The normalized spacial score (nSPS) is 10.7. The van der Waals surface area contributed by atoms with Gasteiger partial charge in [0, 0.05) is 17.3 Å². The third kappa shape index (κ3) is 3.12. The number of pyridine rings is 1. The summed E-state index contributed by atoms with van der Waals surface area (Å²) in [4.78, 5) is 13.0. The van der Waals surface area contributed by atoms with E-state index in [4.69, 9.17) is 5.73 Å². The molecule has 2 aromatic carbocycles. The van der Waals surface area contributed by atoms with E-state index in [9.17, 15) is 0 Å². The summed E-state index contributed by atoms with van der Waals surface area (Å²) >= 11 is 0. The Morgan fingerprint density at radius 1 is 0.846 bits per heavy atom. The highest BCUT2D eigenvalue weighted by molar-refractivity contribution is 5.93. The number of rotatable bonds is 4. The molecule has 0 bridgehead atoms. The van der Waals surface area contributed by atoms with Gasteiger partial charge in [0.2, 0.25) is 0 Å². The van der Waals surface area contributed by atoms with Crippen LogP contribution >= 0.6 is 0 Å². The first-order valence-electron chi connectivity index (χ1n) is 8.25. The maximum absolute atomic E-state index is 6.29. The lowest BCUT2D eigenvalue weighted by Gasteiger charge is -2.13. The zero-order chi connectivity index (χ0) is 17.9. The average Bonchev–Trinajstić information content (AvgIpc) is 2.65. The van der Waals surface area contributed by atoms with E-state index < -0.39 is 0 Å². The van der Waals surface area contributed by atoms with Gasteiger partial charge in [-0.25, -0.2) is 9.97 Å². The van der Waals surface area contributed by atoms with Crippen LogP contribution in [-0.4, -0.2) is 15.0 Å². The van der Waals surface area contributed by atoms with Crippen LogP contribution in [0.3, 0.4) is 0 Å². The summed E-state index contributed by atoms with van der Waals surface area (Å²) in [5.41, 5.74) is 10.5. The molecule has 4 N–H and O–H groups in total. The molecule has 0 unspecified atom stereocenters. The molecule has 4 rings (SSSR count). The van der Waals surface area contributed by atoms with Crippen molar-refractivity contribution in [2.24, 2.45) is 0 Å². The first kappa shape index (κ1) is 15.8. The smallest absolute Gasteiger partial charge is 0.159 e. The van der Waals surface area contributed by atoms with Gasteiger partial charge in [0.1, 0.15) is 12.0 Å². The maximum Gasteiger partial charge on any atom is 0.159 e. The van der Waals surface area contributed by atoms with Crippen LogP contribution in [0.1, 0.15) is 5.56 Å². The summed E-state index contributed by atoms with van der Waals surface area (Å²) < 4.78 is 0. The Balaban J connectivity index is 1.67. The number of benzene rings is 2. The van der Waals surface area contributed by atoms with Crippen LogP contribution in [0.15, 0.2) is 67.1 Å². The lowest BCUT2D eigenvalue weighted by Crippen LogP contribution is -2.05. The lowest BCUT2D eigenvalue weighted by atomic mass is 10.2. The molecule has 0 spiro atoms. The molecule has 0 amide bonds. The second kappa shape index (κ2) is 6.68. The highest BCUT2D eigenvalue weighted by Crippen LogP contribution is 2.30. The molecule has 0 fully saturated rings. The Hall–Kier alpha value is -3.67. The van der Waals surface area contributed by atoms with E-state index in [0.29, 0.717) is 17.3 Å². The molecule has 0 aliphatic heterocycles. The van der Waals surface area contributed by atoms with E-state index in [1.165, 1.54) is 6.33 Å². The first-order chi connectivity index (χ1) is 12.7. The van der Waals surface area contributed by atoms with E-state index in [1.54, 1.807) is 6.20 Å². The van der Waals surface area contributed by atoms with Crippen molar-refractivity contribution >= 4 is 39.6 Å². The first-order valence-corrected chi connectivity index (χ1v) is 8.25. The third-order valence-electron chi connectivity index (χ3n) is 4.05. The fourth-order valence-corrected chi connectivity index (χ4v) is 2.79. The van der Waals surface area contributed by atoms with Crippen LogP contribution in [0, 0.1) is 6.92 Å². The van der Waals surface area contributed by atoms with Gasteiger partial charge in [-0.15, -0.1) is 0 Å². The summed E-state index contributed by atoms with van der Waals surface area (Å²) in [6, 6.07) is 17.9. The van der Waals surface area contributed by atoms with Gasteiger partial charge in [-0.1, -0.05) is 30.3 Å². The number of aryl methyl sites for hydroxylation is 1. The second-order valence-electron chi connectivity index (χ2n) is 5.98. The number of aromatic nitrogens is 3. The molecule has 0 aliphatic rings. The van der Waals surface area contributed by atoms with Crippen molar-refractivity contribution in [1.82, 2.24) is 15.0 Å².